The lowest BCUT2D eigenvalue weighted by Gasteiger charge is -2.06. The molecule has 0 spiro atoms. The van der Waals surface area contributed by atoms with E-state index in [2.05, 4.69) is 10.3 Å². The Balaban J connectivity index is 1.64. The lowest BCUT2D eigenvalue weighted by atomic mass is 10.2. The van der Waals surface area contributed by atoms with Gasteiger partial charge in [0, 0.05) is 25.5 Å². The van der Waals surface area contributed by atoms with Crippen molar-refractivity contribution in [2.45, 2.75) is 19.6 Å². The molecule has 2 aromatic rings. The highest BCUT2D eigenvalue weighted by Crippen LogP contribution is 2.10. The van der Waals surface area contributed by atoms with E-state index in [0.29, 0.717) is 19.6 Å². The van der Waals surface area contributed by atoms with Crippen LogP contribution in [0.4, 0.5) is 4.79 Å². The topological polar surface area (TPSA) is 60.5 Å². The Morgan fingerprint density at radius 2 is 2.10 bits per heavy atom. The van der Waals surface area contributed by atoms with Crippen LogP contribution in [0.2, 0.25) is 0 Å². The largest absolute Gasteiger partial charge is 0.445 e. The van der Waals surface area contributed by atoms with Gasteiger partial charge in [-0.25, -0.2) is 9.78 Å². The van der Waals surface area contributed by atoms with Crippen molar-refractivity contribution in [3.63, 3.8) is 0 Å². The number of nitrogens with one attached hydrogen (secondary N) is 1. The molecule has 0 radical (unpaired) electrons. The molecule has 5 nitrogen and oxygen atoms in total. The highest BCUT2D eigenvalue weighted by Gasteiger charge is 2.04. The Labute approximate surface area is 127 Å². The summed E-state index contributed by atoms with van der Waals surface area (Å²) >= 11 is 1.56. The molecule has 1 heterocycles. The average Bonchev–Trinajstić information content (AvgIpc) is 2.94. The minimum absolute atomic E-state index is 0.279. The summed E-state index contributed by atoms with van der Waals surface area (Å²) in [6.45, 7) is 1.31. The highest BCUT2D eigenvalue weighted by atomic mass is 32.1. The Bertz CT molecular complexity index is 557. The molecule has 0 aliphatic rings. The highest BCUT2D eigenvalue weighted by molar-refractivity contribution is 7.09. The predicted octanol–water partition coefficient (Wildman–Crippen LogP) is 2.76. The van der Waals surface area contributed by atoms with E-state index in [0.717, 1.165) is 16.3 Å². The number of hydrogen-bond donors (Lipinski definition) is 1. The first-order chi connectivity index (χ1) is 10.3. The predicted molar refractivity (Wildman–Crippen MR) is 81.2 cm³/mol. The maximum absolute atomic E-state index is 11.5. The zero-order chi connectivity index (χ0) is 14.9. The van der Waals surface area contributed by atoms with Crippen molar-refractivity contribution in [2.75, 3.05) is 13.7 Å². The summed E-state index contributed by atoms with van der Waals surface area (Å²) in [4.78, 5) is 15.9. The van der Waals surface area contributed by atoms with Gasteiger partial charge >= 0.3 is 6.09 Å². The first-order valence-electron chi connectivity index (χ1n) is 6.64. The lowest BCUT2D eigenvalue weighted by molar-refractivity contribution is 0.140. The first-order valence-corrected chi connectivity index (χ1v) is 7.52. The average molecular weight is 306 g/mol. The Morgan fingerprint density at radius 1 is 1.29 bits per heavy atom. The monoisotopic (exact) mass is 306 g/mol. The molecule has 112 valence electrons. The fourth-order valence-electron chi connectivity index (χ4n) is 1.72. The summed E-state index contributed by atoms with van der Waals surface area (Å²) in [5.41, 5.74) is 1.92. The summed E-state index contributed by atoms with van der Waals surface area (Å²) in [6.07, 6.45) is 0.270. The molecule has 0 atom stereocenters. The maximum atomic E-state index is 11.5. The molecule has 0 bridgehead atoms. The Kier molecular flexibility index (Phi) is 6.18. The number of ether oxygens (including phenoxy) is 2. The quantitative estimate of drug-likeness (QED) is 0.854. The molecule has 0 fully saturated rings. The summed E-state index contributed by atoms with van der Waals surface area (Å²) in [5.74, 6) is 0. The number of alkyl carbamates (subject to hydrolysis) is 1. The number of carbonyl (C=O) groups is 1. The number of benzene rings is 1. The van der Waals surface area contributed by atoms with Gasteiger partial charge in [0.05, 0.1) is 12.3 Å². The van der Waals surface area contributed by atoms with E-state index in [-0.39, 0.29) is 6.61 Å². The smallest absolute Gasteiger partial charge is 0.407 e. The summed E-state index contributed by atoms with van der Waals surface area (Å²) < 4.78 is 10.1. The first kappa shape index (κ1) is 15.5. The number of methoxy groups -OCH3 is 1. The van der Waals surface area contributed by atoms with Crippen LogP contribution in [-0.2, 0) is 29.1 Å². The zero-order valence-corrected chi connectivity index (χ0v) is 12.7. The molecule has 1 amide bonds. The second-order valence-corrected chi connectivity index (χ2v) is 5.35. The standard InChI is InChI=1S/C15H18N2O3S/c1-19-10-14-17-13(11-21-14)7-8-16-15(18)20-9-12-5-3-2-4-6-12/h2-6,11H,7-10H2,1H3,(H,16,18). The van der Waals surface area contributed by atoms with Gasteiger partial charge in [-0.05, 0) is 5.56 Å². The van der Waals surface area contributed by atoms with E-state index < -0.39 is 6.09 Å². The van der Waals surface area contributed by atoms with Crippen LogP contribution >= 0.6 is 11.3 Å². The number of thiazole rings is 1. The van der Waals surface area contributed by atoms with Gasteiger partial charge in [-0.15, -0.1) is 11.3 Å². The molecule has 1 aromatic heterocycles. The second-order valence-electron chi connectivity index (χ2n) is 4.40. The van der Waals surface area contributed by atoms with Gasteiger partial charge in [0.2, 0.25) is 0 Å². The normalized spacial score (nSPS) is 10.3. The van der Waals surface area contributed by atoms with Crippen LogP contribution in [0, 0.1) is 0 Å². The van der Waals surface area contributed by atoms with Gasteiger partial charge in [-0.3, -0.25) is 0 Å². The van der Waals surface area contributed by atoms with Gasteiger partial charge in [-0.1, -0.05) is 30.3 Å². The molecule has 0 unspecified atom stereocenters. The van der Waals surface area contributed by atoms with E-state index in [1.165, 1.54) is 0 Å². The molecule has 1 N–H and O–H groups in total. The van der Waals surface area contributed by atoms with Crippen LogP contribution in [0.15, 0.2) is 35.7 Å². The van der Waals surface area contributed by atoms with E-state index in [4.69, 9.17) is 9.47 Å². The van der Waals surface area contributed by atoms with Crippen LogP contribution < -0.4 is 5.32 Å². The Morgan fingerprint density at radius 3 is 2.86 bits per heavy atom. The number of amides is 1. The zero-order valence-electron chi connectivity index (χ0n) is 11.9. The minimum atomic E-state index is -0.411. The second kappa shape index (κ2) is 8.39. The van der Waals surface area contributed by atoms with E-state index in [9.17, 15) is 4.79 Å². The van der Waals surface area contributed by atoms with Gasteiger partial charge < -0.3 is 14.8 Å². The van der Waals surface area contributed by atoms with Crippen molar-refractivity contribution < 1.29 is 14.3 Å². The van der Waals surface area contributed by atoms with Gasteiger partial charge in [0.1, 0.15) is 11.6 Å². The number of rotatable bonds is 7. The summed E-state index contributed by atoms with van der Waals surface area (Å²) in [6, 6.07) is 9.59. The third-order valence-electron chi connectivity index (χ3n) is 2.73. The molecule has 6 heteroatoms. The van der Waals surface area contributed by atoms with E-state index in [1.807, 2.05) is 35.7 Å². The third kappa shape index (κ3) is 5.53. The summed E-state index contributed by atoms with van der Waals surface area (Å²) in [5, 5.41) is 5.64. The molecule has 2 rings (SSSR count). The minimum Gasteiger partial charge on any atom is -0.445 e. The number of aromatic nitrogens is 1. The fourth-order valence-corrected chi connectivity index (χ4v) is 2.52. The molecule has 1 aromatic carbocycles. The van der Waals surface area contributed by atoms with E-state index >= 15 is 0 Å². The fraction of sp³-hybridized carbons (Fsp3) is 0.333. The van der Waals surface area contributed by atoms with Gasteiger partial charge in [0.25, 0.3) is 0 Å². The van der Waals surface area contributed by atoms with Crippen LogP contribution in [0.25, 0.3) is 0 Å². The van der Waals surface area contributed by atoms with Crippen LogP contribution in [0.1, 0.15) is 16.3 Å². The van der Waals surface area contributed by atoms with Crippen LogP contribution in [-0.4, -0.2) is 24.7 Å². The molecular formula is C15H18N2O3S. The molecule has 0 saturated carbocycles. The van der Waals surface area contributed by atoms with Crippen molar-refractivity contribution in [1.82, 2.24) is 10.3 Å². The third-order valence-corrected chi connectivity index (χ3v) is 3.60. The van der Waals surface area contributed by atoms with Crippen molar-refractivity contribution in [3.05, 3.63) is 52.0 Å². The van der Waals surface area contributed by atoms with Gasteiger partial charge in [0.15, 0.2) is 0 Å². The molecular weight excluding hydrogens is 288 g/mol. The van der Waals surface area contributed by atoms with Crippen molar-refractivity contribution in [2.24, 2.45) is 0 Å². The number of hydrogen-bond acceptors (Lipinski definition) is 5. The summed E-state index contributed by atoms with van der Waals surface area (Å²) in [7, 11) is 1.64. The molecule has 0 saturated heterocycles. The Hall–Kier alpha value is -1.92. The van der Waals surface area contributed by atoms with Crippen LogP contribution in [0.5, 0.6) is 0 Å². The molecule has 21 heavy (non-hydrogen) atoms. The maximum Gasteiger partial charge on any atom is 0.407 e. The van der Waals surface area contributed by atoms with Crippen molar-refractivity contribution in [1.29, 1.82) is 0 Å². The van der Waals surface area contributed by atoms with Crippen molar-refractivity contribution >= 4 is 17.4 Å². The molecule has 0 aliphatic heterocycles. The van der Waals surface area contributed by atoms with E-state index in [1.54, 1.807) is 18.4 Å². The van der Waals surface area contributed by atoms with Gasteiger partial charge in [-0.2, -0.15) is 0 Å². The lowest BCUT2D eigenvalue weighted by Crippen LogP contribution is -2.26. The van der Waals surface area contributed by atoms with Crippen LogP contribution in [0.3, 0.4) is 0 Å². The number of carbonyl (C=O) groups excluding carboxylic acids is 1. The number of nitrogens with zero attached hydrogens (tertiary/aromatic N) is 1. The van der Waals surface area contributed by atoms with Crippen molar-refractivity contribution in [3.8, 4) is 0 Å². The SMILES string of the molecule is COCc1nc(CCNC(=O)OCc2ccccc2)cs1. The molecule has 0 aliphatic carbocycles.